The minimum atomic E-state index is -0.692. The van der Waals surface area contributed by atoms with Crippen molar-refractivity contribution in [2.45, 2.75) is 76.1 Å². The van der Waals surface area contributed by atoms with Crippen LogP contribution in [0, 0.1) is 5.82 Å². The first-order valence-electron chi connectivity index (χ1n) is 13.4. The van der Waals surface area contributed by atoms with Crippen LogP contribution in [0.2, 0.25) is 5.15 Å². The standard InChI is InChI=1S/C27H34ClFN6O3/c1-16-10-27(8-5-9-34(27)12-16)15-37-24-31-21-19(11-30-22(28)20(21)29)23(32-24)33-13-17-6-7-18(14-33)35(17)25(36)38-26(2,3)4/h11,17-18H,1,5-10,12-15H2,2-4H3. The van der Waals surface area contributed by atoms with Gasteiger partial charge >= 0.3 is 12.1 Å². The third-order valence-corrected chi connectivity index (χ3v) is 8.46. The highest BCUT2D eigenvalue weighted by atomic mass is 35.5. The van der Waals surface area contributed by atoms with Crippen LogP contribution in [0.15, 0.2) is 18.3 Å². The first-order chi connectivity index (χ1) is 18.0. The van der Waals surface area contributed by atoms with Crippen LogP contribution in [-0.4, -0.2) is 86.9 Å². The molecule has 38 heavy (non-hydrogen) atoms. The van der Waals surface area contributed by atoms with Crippen molar-refractivity contribution in [2.24, 2.45) is 0 Å². The SMILES string of the molecule is C=C1CN2CCCC2(COc2nc(N3CC4CCC(C3)N4C(=O)OC(C)(C)C)c3cnc(Cl)c(F)c3n2)C1. The Hall–Kier alpha value is -2.72. The Labute approximate surface area is 226 Å². The van der Waals surface area contributed by atoms with E-state index in [1.165, 1.54) is 11.8 Å². The monoisotopic (exact) mass is 544 g/mol. The van der Waals surface area contributed by atoms with Gasteiger partial charge in [0.1, 0.15) is 23.5 Å². The Morgan fingerprint density at radius 3 is 2.71 bits per heavy atom. The molecule has 0 N–H and O–H groups in total. The summed E-state index contributed by atoms with van der Waals surface area (Å²) in [5.74, 6) is -0.145. The van der Waals surface area contributed by atoms with Crippen LogP contribution in [0.1, 0.15) is 52.9 Å². The van der Waals surface area contributed by atoms with Gasteiger partial charge in [-0.15, -0.1) is 0 Å². The summed E-state index contributed by atoms with van der Waals surface area (Å²) in [6.45, 7) is 13.2. The molecule has 1 amide bonds. The molecule has 204 valence electrons. The number of ether oxygens (including phenoxy) is 2. The predicted octanol–water partition coefficient (Wildman–Crippen LogP) is 4.58. The van der Waals surface area contributed by atoms with Crippen molar-refractivity contribution in [2.75, 3.05) is 37.7 Å². The molecule has 0 saturated carbocycles. The van der Waals surface area contributed by atoms with Gasteiger partial charge in [0.05, 0.1) is 23.0 Å². The number of fused-ring (bicyclic) bond motifs is 4. The zero-order valence-electron chi connectivity index (χ0n) is 22.2. The predicted molar refractivity (Wildman–Crippen MR) is 142 cm³/mol. The second-order valence-electron chi connectivity index (χ2n) is 12.1. The molecule has 6 rings (SSSR count). The summed E-state index contributed by atoms with van der Waals surface area (Å²) in [4.78, 5) is 32.6. The van der Waals surface area contributed by atoms with E-state index < -0.39 is 11.4 Å². The number of piperazine rings is 1. The lowest BCUT2D eigenvalue weighted by Gasteiger charge is -2.42. The van der Waals surface area contributed by atoms with E-state index in [0.717, 1.165) is 45.2 Å². The number of nitrogens with zero attached hydrogens (tertiary/aromatic N) is 6. The van der Waals surface area contributed by atoms with Gasteiger partial charge in [0, 0.05) is 25.8 Å². The third-order valence-electron chi connectivity index (χ3n) is 8.19. The fraction of sp³-hybridized carbons (Fsp3) is 0.630. The quantitative estimate of drug-likeness (QED) is 0.408. The van der Waals surface area contributed by atoms with Crippen molar-refractivity contribution >= 4 is 34.4 Å². The van der Waals surface area contributed by atoms with Gasteiger partial charge in [0.2, 0.25) is 0 Å². The zero-order valence-corrected chi connectivity index (χ0v) is 22.9. The van der Waals surface area contributed by atoms with E-state index in [-0.39, 0.29) is 40.4 Å². The van der Waals surface area contributed by atoms with E-state index in [9.17, 15) is 4.79 Å². The van der Waals surface area contributed by atoms with E-state index in [0.29, 0.717) is 30.9 Å². The molecule has 3 atom stereocenters. The van der Waals surface area contributed by atoms with Gasteiger partial charge in [-0.05, 0) is 59.4 Å². The highest BCUT2D eigenvalue weighted by Crippen LogP contribution is 2.41. The fourth-order valence-electron chi connectivity index (χ4n) is 6.64. The number of rotatable bonds is 4. The number of pyridine rings is 1. The topological polar surface area (TPSA) is 83.9 Å². The molecule has 2 aromatic heterocycles. The van der Waals surface area contributed by atoms with Crippen molar-refractivity contribution in [1.82, 2.24) is 24.8 Å². The van der Waals surface area contributed by atoms with Gasteiger partial charge in [-0.2, -0.15) is 9.97 Å². The maximum atomic E-state index is 15.2. The van der Waals surface area contributed by atoms with Crippen LogP contribution in [0.25, 0.3) is 10.9 Å². The number of amides is 1. The van der Waals surface area contributed by atoms with Gasteiger partial charge < -0.3 is 14.4 Å². The van der Waals surface area contributed by atoms with Crippen LogP contribution in [0.5, 0.6) is 6.01 Å². The Bertz CT molecular complexity index is 1290. The fourth-order valence-corrected chi connectivity index (χ4v) is 6.78. The van der Waals surface area contributed by atoms with Crippen molar-refractivity contribution in [3.63, 3.8) is 0 Å². The lowest BCUT2D eigenvalue weighted by molar-refractivity contribution is 0.0122. The number of halogens is 2. The number of aromatic nitrogens is 3. The Kier molecular flexibility index (Phi) is 6.18. The van der Waals surface area contributed by atoms with Gasteiger partial charge in [-0.3, -0.25) is 9.80 Å². The average Bonchev–Trinajstić information content (AvgIpc) is 3.46. The number of anilines is 1. The highest BCUT2D eigenvalue weighted by molar-refractivity contribution is 6.30. The van der Waals surface area contributed by atoms with E-state index in [1.54, 1.807) is 0 Å². The van der Waals surface area contributed by atoms with Crippen molar-refractivity contribution in [1.29, 1.82) is 0 Å². The van der Waals surface area contributed by atoms with Crippen LogP contribution in [-0.2, 0) is 4.74 Å². The molecule has 4 aliphatic rings. The molecule has 0 radical (unpaired) electrons. The summed E-state index contributed by atoms with van der Waals surface area (Å²) in [6.07, 6.45) is 5.97. The van der Waals surface area contributed by atoms with Crippen LogP contribution in [0.4, 0.5) is 15.0 Å². The molecule has 11 heteroatoms. The molecular formula is C27H34ClFN6O3. The minimum absolute atomic E-state index is 0.0291. The van der Waals surface area contributed by atoms with Gasteiger partial charge in [-0.25, -0.2) is 14.2 Å². The van der Waals surface area contributed by atoms with Gasteiger partial charge in [0.25, 0.3) is 0 Å². The summed E-state index contributed by atoms with van der Waals surface area (Å²) in [7, 11) is 0. The minimum Gasteiger partial charge on any atom is -0.461 e. The molecule has 4 aliphatic heterocycles. The summed E-state index contributed by atoms with van der Waals surface area (Å²) in [6, 6.07) is 0.0615. The van der Waals surface area contributed by atoms with E-state index in [2.05, 4.69) is 26.3 Å². The molecule has 6 heterocycles. The molecule has 2 bridgehead atoms. The Morgan fingerprint density at radius 2 is 2.00 bits per heavy atom. The van der Waals surface area contributed by atoms with Crippen LogP contribution >= 0.6 is 11.6 Å². The van der Waals surface area contributed by atoms with Crippen LogP contribution in [0.3, 0.4) is 0 Å². The number of hydrogen-bond donors (Lipinski definition) is 0. The maximum absolute atomic E-state index is 15.2. The summed E-state index contributed by atoms with van der Waals surface area (Å²) < 4.78 is 27.1. The molecule has 0 spiro atoms. The van der Waals surface area contributed by atoms with Crippen molar-refractivity contribution < 1.29 is 18.7 Å². The molecule has 9 nitrogen and oxygen atoms in total. The van der Waals surface area contributed by atoms with Crippen molar-refractivity contribution in [3.8, 4) is 6.01 Å². The second kappa shape index (κ2) is 9.19. The number of carbonyl (C=O) groups excluding carboxylic acids is 1. The summed E-state index contributed by atoms with van der Waals surface area (Å²) >= 11 is 6.03. The third kappa shape index (κ3) is 4.45. The molecule has 3 unspecified atom stereocenters. The first-order valence-corrected chi connectivity index (χ1v) is 13.7. The normalized spacial score (nSPS) is 27.3. The number of hydrogen-bond acceptors (Lipinski definition) is 8. The van der Waals surface area contributed by atoms with Gasteiger partial charge in [-0.1, -0.05) is 23.8 Å². The first kappa shape index (κ1) is 25.6. The molecule has 0 aromatic carbocycles. The highest BCUT2D eigenvalue weighted by Gasteiger charge is 2.47. The Morgan fingerprint density at radius 1 is 1.26 bits per heavy atom. The van der Waals surface area contributed by atoms with Gasteiger partial charge in [0.15, 0.2) is 11.0 Å². The summed E-state index contributed by atoms with van der Waals surface area (Å²) in [5, 5.41) is 0.231. The molecule has 4 saturated heterocycles. The molecule has 0 aliphatic carbocycles. The molecular weight excluding hydrogens is 511 g/mol. The molecule has 4 fully saturated rings. The maximum Gasteiger partial charge on any atom is 0.410 e. The van der Waals surface area contributed by atoms with Crippen molar-refractivity contribution in [3.05, 3.63) is 29.3 Å². The Balaban J connectivity index is 1.30. The summed E-state index contributed by atoms with van der Waals surface area (Å²) in [5.41, 5.74) is 0.618. The van der Waals surface area contributed by atoms with E-state index in [4.69, 9.17) is 26.1 Å². The largest absolute Gasteiger partial charge is 0.461 e. The molecule has 2 aromatic rings. The zero-order chi connectivity index (χ0) is 26.8. The van der Waals surface area contributed by atoms with Crippen LogP contribution < -0.4 is 9.64 Å². The van der Waals surface area contributed by atoms with E-state index >= 15 is 4.39 Å². The second-order valence-corrected chi connectivity index (χ2v) is 12.5. The average molecular weight is 545 g/mol. The lowest BCUT2D eigenvalue weighted by Crippen LogP contribution is -2.57. The number of carbonyl (C=O) groups is 1. The van der Waals surface area contributed by atoms with E-state index in [1.807, 2.05) is 25.7 Å². The smallest absolute Gasteiger partial charge is 0.410 e. The lowest BCUT2D eigenvalue weighted by atomic mass is 9.94.